The van der Waals surface area contributed by atoms with Crippen molar-refractivity contribution in [1.29, 1.82) is 5.26 Å². The first-order valence-electron chi connectivity index (χ1n) is 3.50. The topological polar surface area (TPSA) is 64.2 Å². The van der Waals surface area contributed by atoms with Gasteiger partial charge < -0.3 is 10.2 Å². The Kier molecular flexibility index (Phi) is 1.92. The van der Waals surface area contributed by atoms with E-state index in [2.05, 4.69) is 0 Å². The van der Waals surface area contributed by atoms with Gasteiger partial charge in [-0.05, 0) is 25.5 Å². The molecule has 0 fully saturated rings. The van der Waals surface area contributed by atoms with Crippen molar-refractivity contribution in [2.45, 2.75) is 13.8 Å². The van der Waals surface area contributed by atoms with E-state index in [1.165, 1.54) is 6.07 Å². The molecule has 62 valence electrons. The van der Waals surface area contributed by atoms with Crippen molar-refractivity contribution in [3.63, 3.8) is 0 Å². The predicted molar refractivity (Wildman–Crippen MR) is 44.0 cm³/mol. The fourth-order valence-corrected chi connectivity index (χ4v) is 1.02. The number of hydrogen-bond acceptors (Lipinski definition) is 3. The lowest BCUT2D eigenvalue weighted by molar-refractivity contribution is 0.441. The van der Waals surface area contributed by atoms with E-state index in [0.717, 1.165) is 0 Å². The molecule has 0 aliphatic rings. The molecule has 0 saturated carbocycles. The number of nitrogens with zero attached hydrogens (tertiary/aromatic N) is 1. The summed E-state index contributed by atoms with van der Waals surface area (Å²) in [6.07, 6.45) is 0. The zero-order valence-corrected chi connectivity index (χ0v) is 6.92. The molecule has 0 unspecified atom stereocenters. The highest BCUT2D eigenvalue weighted by Gasteiger charge is 2.10. The number of nitriles is 1. The Morgan fingerprint density at radius 1 is 1.33 bits per heavy atom. The molecule has 0 spiro atoms. The van der Waals surface area contributed by atoms with Gasteiger partial charge in [0.25, 0.3) is 0 Å². The van der Waals surface area contributed by atoms with Crippen molar-refractivity contribution in [3.8, 4) is 17.6 Å². The van der Waals surface area contributed by atoms with Gasteiger partial charge in [0.05, 0.1) is 5.56 Å². The molecule has 1 rings (SSSR count). The quantitative estimate of drug-likeness (QED) is 0.610. The van der Waals surface area contributed by atoms with Crippen LogP contribution in [0.2, 0.25) is 0 Å². The van der Waals surface area contributed by atoms with Crippen molar-refractivity contribution >= 4 is 0 Å². The van der Waals surface area contributed by atoms with Gasteiger partial charge in [0.1, 0.15) is 17.6 Å². The second-order valence-corrected chi connectivity index (χ2v) is 2.67. The molecule has 0 aromatic heterocycles. The van der Waals surface area contributed by atoms with E-state index in [1.807, 2.05) is 6.07 Å². The zero-order valence-electron chi connectivity index (χ0n) is 6.92. The van der Waals surface area contributed by atoms with Gasteiger partial charge in [0.15, 0.2) is 0 Å². The number of aromatic hydroxyl groups is 2. The van der Waals surface area contributed by atoms with Gasteiger partial charge in [-0.25, -0.2) is 0 Å². The number of benzene rings is 1. The molecule has 2 N–H and O–H groups in total. The third-order valence-corrected chi connectivity index (χ3v) is 1.84. The summed E-state index contributed by atoms with van der Waals surface area (Å²) in [5.74, 6) is -0.112. The summed E-state index contributed by atoms with van der Waals surface area (Å²) < 4.78 is 0. The third kappa shape index (κ3) is 1.08. The Morgan fingerprint density at radius 2 is 1.92 bits per heavy atom. The van der Waals surface area contributed by atoms with E-state index in [1.54, 1.807) is 13.8 Å². The molecule has 1 aromatic rings. The van der Waals surface area contributed by atoms with Gasteiger partial charge in [0.2, 0.25) is 0 Å². The van der Waals surface area contributed by atoms with Gasteiger partial charge in [-0.1, -0.05) is 0 Å². The van der Waals surface area contributed by atoms with Crippen molar-refractivity contribution in [2.24, 2.45) is 0 Å². The van der Waals surface area contributed by atoms with Crippen molar-refractivity contribution < 1.29 is 10.2 Å². The average molecular weight is 163 g/mol. The molecule has 1 aromatic carbocycles. The van der Waals surface area contributed by atoms with Crippen LogP contribution in [0.4, 0.5) is 0 Å². The monoisotopic (exact) mass is 163 g/mol. The van der Waals surface area contributed by atoms with Crippen LogP contribution in [0.15, 0.2) is 6.07 Å². The van der Waals surface area contributed by atoms with Crippen molar-refractivity contribution in [1.82, 2.24) is 0 Å². The Morgan fingerprint density at radius 3 is 2.42 bits per heavy atom. The van der Waals surface area contributed by atoms with Gasteiger partial charge in [-0.3, -0.25) is 0 Å². The average Bonchev–Trinajstić information content (AvgIpc) is 2.01. The number of phenols is 2. The third-order valence-electron chi connectivity index (χ3n) is 1.84. The molecule has 12 heavy (non-hydrogen) atoms. The molecule has 0 aliphatic heterocycles. The number of hydrogen-bond donors (Lipinski definition) is 2. The molecule has 0 saturated heterocycles. The van der Waals surface area contributed by atoms with Crippen LogP contribution in [-0.2, 0) is 0 Å². The summed E-state index contributed by atoms with van der Waals surface area (Å²) >= 11 is 0. The largest absolute Gasteiger partial charge is 0.508 e. The molecule has 0 radical (unpaired) electrons. The molecule has 0 bridgehead atoms. The first kappa shape index (κ1) is 8.41. The Bertz CT molecular complexity index is 364. The maximum atomic E-state index is 9.38. The smallest absolute Gasteiger partial charge is 0.140 e. The lowest BCUT2D eigenvalue weighted by atomic mass is 10.0. The Hall–Kier alpha value is -1.69. The highest BCUT2D eigenvalue weighted by molar-refractivity contribution is 5.56. The van der Waals surface area contributed by atoms with E-state index < -0.39 is 0 Å². The van der Waals surface area contributed by atoms with Crippen LogP contribution in [0.25, 0.3) is 0 Å². The number of rotatable bonds is 0. The van der Waals surface area contributed by atoms with Crippen molar-refractivity contribution in [3.05, 3.63) is 22.8 Å². The lowest BCUT2D eigenvalue weighted by Gasteiger charge is -2.05. The summed E-state index contributed by atoms with van der Waals surface area (Å²) in [6, 6.07) is 3.34. The molecular formula is C9H9NO2. The minimum absolute atomic E-state index is 0.0176. The number of phenolic OH excluding ortho intramolecular Hbond substituents is 2. The maximum Gasteiger partial charge on any atom is 0.140 e. The van der Waals surface area contributed by atoms with Crippen LogP contribution >= 0.6 is 0 Å². The molecular weight excluding hydrogens is 154 g/mol. The van der Waals surface area contributed by atoms with Crippen LogP contribution in [0.1, 0.15) is 16.7 Å². The lowest BCUT2D eigenvalue weighted by Crippen LogP contribution is -1.87. The zero-order chi connectivity index (χ0) is 9.30. The second kappa shape index (κ2) is 2.74. The maximum absolute atomic E-state index is 9.38. The molecule has 0 heterocycles. The first-order valence-corrected chi connectivity index (χ1v) is 3.50. The van der Waals surface area contributed by atoms with E-state index >= 15 is 0 Å². The normalized spacial score (nSPS) is 9.42. The highest BCUT2D eigenvalue weighted by atomic mass is 16.3. The molecule has 0 aliphatic carbocycles. The van der Waals surface area contributed by atoms with Gasteiger partial charge >= 0.3 is 0 Å². The van der Waals surface area contributed by atoms with E-state index in [9.17, 15) is 10.2 Å². The van der Waals surface area contributed by atoms with Crippen LogP contribution in [0.5, 0.6) is 11.5 Å². The second-order valence-electron chi connectivity index (χ2n) is 2.67. The first-order chi connectivity index (χ1) is 5.57. The standard InChI is InChI=1S/C9H9NO2/c1-5-3-8(11)6(2)9(12)7(5)4-10/h3,11-12H,1-2H3. The van der Waals surface area contributed by atoms with E-state index in [4.69, 9.17) is 5.26 Å². The van der Waals surface area contributed by atoms with Crippen LogP contribution in [-0.4, -0.2) is 10.2 Å². The summed E-state index contributed by atoms with van der Waals surface area (Å²) in [5, 5.41) is 27.2. The van der Waals surface area contributed by atoms with E-state index in [-0.39, 0.29) is 17.1 Å². The van der Waals surface area contributed by atoms with Crippen molar-refractivity contribution in [2.75, 3.05) is 0 Å². The molecule has 3 nitrogen and oxygen atoms in total. The Balaban J connectivity index is 3.54. The SMILES string of the molecule is Cc1cc(O)c(C)c(O)c1C#N. The van der Waals surface area contributed by atoms with E-state index in [0.29, 0.717) is 11.1 Å². The summed E-state index contributed by atoms with van der Waals surface area (Å²) in [5.41, 5.74) is 1.15. The summed E-state index contributed by atoms with van der Waals surface area (Å²) in [4.78, 5) is 0. The van der Waals surface area contributed by atoms with Crippen LogP contribution in [0.3, 0.4) is 0 Å². The highest BCUT2D eigenvalue weighted by Crippen LogP contribution is 2.31. The number of aryl methyl sites for hydroxylation is 1. The van der Waals surface area contributed by atoms with Crippen LogP contribution in [0, 0.1) is 25.2 Å². The summed E-state index contributed by atoms with van der Waals surface area (Å²) in [6.45, 7) is 3.22. The van der Waals surface area contributed by atoms with Gasteiger partial charge in [0, 0.05) is 5.56 Å². The Labute approximate surface area is 70.5 Å². The van der Waals surface area contributed by atoms with Gasteiger partial charge in [-0.2, -0.15) is 5.26 Å². The summed E-state index contributed by atoms with van der Waals surface area (Å²) in [7, 11) is 0. The minimum Gasteiger partial charge on any atom is -0.508 e. The fraction of sp³-hybridized carbons (Fsp3) is 0.222. The predicted octanol–water partition coefficient (Wildman–Crippen LogP) is 1.59. The van der Waals surface area contributed by atoms with Crippen LogP contribution < -0.4 is 0 Å². The molecule has 0 amide bonds. The van der Waals surface area contributed by atoms with Gasteiger partial charge in [-0.15, -0.1) is 0 Å². The molecule has 0 atom stereocenters. The fourth-order valence-electron chi connectivity index (χ4n) is 1.02. The molecule has 3 heteroatoms. The minimum atomic E-state index is -0.130.